The number of anilines is 1. The van der Waals surface area contributed by atoms with Crippen LogP contribution in [-0.4, -0.2) is 70.3 Å². The van der Waals surface area contributed by atoms with Crippen LogP contribution in [0.1, 0.15) is 39.5 Å². The Kier molecular flexibility index (Phi) is 8.38. The van der Waals surface area contributed by atoms with Crippen LogP contribution in [0.5, 0.6) is 0 Å². The fourth-order valence-electron chi connectivity index (χ4n) is 4.69. The Morgan fingerprint density at radius 2 is 2.03 bits per heavy atom. The minimum atomic E-state index is -4.50. The van der Waals surface area contributed by atoms with Gasteiger partial charge in [-0.15, -0.1) is 0 Å². The molecule has 2 atom stereocenters. The third-order valence-corrected chi connectivity index (χ3v) is 6.47. The number of likely N-dealkylation sites (tertiary alicyclic amines) is 1. The normalized spacial score (nSPS) is 18.9. The largest absolute Gasteiger partial charge is 0.444 e. The number of benzene rings is 1. The third-order valence-electron chi connectivity index (χ3n) is 6.47. The number of hydrogen-bond donors (Lipinski definition) is 2. The predicted molar refractivity (Wildman–Crippen MR) is 138 cm³/mol. The minimum absolute atomic E-state index is 0.0110. The van der Waals surface area contributed by atoms with Crippen molar-refractivity contribution in [3.63, 3.8) is 0 Å². The lowest BCUT2D eigenvalue weighted by Crippen LogP contribution is -2.39. The van der Waals surface area contributed by atoms with Gasteiger partial charge < -0.3 is 29.4 Å². The van der Waals surface area contributed by atoms with Crippen molar-refractivity contribution in [1.82, 2.24) is 24.9 Å². The zero-order valence-electron chi connectivity index (χ0n) is 22.4. The number of amides is 1. The highest BCUT2D eigenvalue weighted by Crippen LogP contribution is 2.34. The van der Waals surface area contributed by atoms with Crippen LogP contribution in [0.25, 0.3) is 22.4 Å². The summed E-state index contributed by atoms with van der Waals surface area (Å²) in [5, 5.41) is 10.2. The Hall–Kier alpha value is -3.35. The van der Waals surface area contributed by atoms with E-state index in [1.54, 1.807) is 45.0 Å². The van der Waals surface area contributed by atoms with Gasteiger partial charge in [0, 0.05) is 24.2 Å². The molecule has 0 bridgehead atoms. The molecule has 0 saturated carbocycles. The van der Waals surface area contributed by atoms with Crippen LogP contribution in [0.2, 0.25) is 0 Å². The molecule has 9 nitrogen and oxygen atoms in total. The van der Waals surface area contributed by atoms with Gasteiger partial charge in [-0.1, -0.05) is 11.2 Å². The number of carbonyl (C=O) groups is 1. The van der Waals surface area contributed by atoms with Crippen molar-refractivity contribution in [2.45, 2.75) is 64.7 Å². The molecule has 214 valence electrons. The molecule has 1 saturated heterocycles. The van der Waals surface area contributed by atoms with E-state index >= 15 is 0 Å². The summed E-state index contributed by atoms with van der Waals surface area (Å²) in [6, 6.07) is 6.61. The molecule has 1 aromatic carbocycles. The van der Waals surface area contributed by atoms with E-state index in [0.717, 1.165) is 17.5 Å². The maximum Gasteiger partial charge on any atom is 0.408 e. The summed E-state index contributed by atoms with van der Waals surface area (Å²) in [6.45, 7) is 5.46. The SMILES string of the molecule is CN1CCC(CCNc2cccc3c2cc(-c2noc(CNC(=O)OC(C)(C)C)n2)n3CC(F)(F)F)[C@@H](F)C1. The highest BCUT2D eigenvalue weighted by molar-refractivity contribution is 5.96. The van der Waals surface area contributed by atoms with Gasteiger partial charge in [-0.25, -0.2) is 9.18 Å². The maximum absolute atomic E-state index is 14.4. The van der Waals surface area contributed by atoms with Crippen LogP contribution in [0.15, 0.2) is 28.8 Å². The van der Waals surface area contributed by atoms with E-state index in [1.807, 2.05) is 11.9 Å². The smallest absolute Gasteiger partial charge is 0.408 e. The zero-order chi connectivity index (χ0) is 28.4. The molecule has 1 aliphatic heterocycles. The second-order valence-electron chi connectivity index (χ2n) is 10.9. The number of rotatable bonds is 8. The Bertz CT molecular complexity index is 1280. The third kappa shape index (κ3) is 7.61. The van der Waals surface area contributed by atoms with Gasteiger partial charge in [0.1, 0.15) is 24.9 Å². The fraction of sp³-hybridized carbons (Fsp3) is 0.577. The molecule has 0 aliphatic carbocycles. The Morgan fingerprint density at radius 1 is 1.26 bits per heavy atom. The summed E-state index contributed by atoms with van der Waals surface area (Å²) in [5.74, 6) is -0.101. The van der Waals surface area contributed by atoms with Gasteiger partial charge in [-0.2, -0.15) is 18.2 Å². The second kappa shape index (κ2) is 11.4. The number of fused-ring (bicyclic) bond motifs is 1. The van der Waals surface area contributed by atoms with E-state index in [2.05, 4.69) is 20.8 Å². The van der Waals surface area contributed by atoms with Crippen LogP contribution in [0, 0.1) is 5.92 Å². The molecule has 1 fully saturated rings. The van der Waals surface area contributed by atoms with Crippen LogP contribution in [0.3, 0.4) is 0 Å². The predicted octanol–water partition coefficient (Wildman–Crippen LogP) is 5.37. The van der Waals surface area contributed by atoms with E-state index in [0.29, 0.717) is 36.1 Å². The van der Waals surface area contributed by atoms with E-state index in [9.17, 15) is 22.4 Å². The summed E-state index contributed by atoms with van der Waals surface area (Å²) < 4.78 is 66.5. The number of ether oxygens (including phenoxy) is 1. The Morgan fingerprint density at radius 3 is 2.72 bits per heavy atom. The van der Waals surface area contributed by atoms with E-state index in [1.165, 1.54) is 0 Å². The molecule has 0 radical (unpaired) electrons. The number of alkyl carbamates (subject to hydrolysis) is 1. The molecule has 1 unspecified atom stereocenters. The van der Waals surface area contributed by atoms with Crippen molar-refractivity contribution >= 4 is 22.7 Å². The summed E-state index contributed by atoms with van der Waals surface area (Å²) in [5.41, 5.74) is 0.388. The molecule has 1 aliphatic rings. The first-order valence-corrected chi connectivity index (χ1v) is 12.8. The molecule has 2 aromatic heterocycles. The van der Waals surface area contributed by atoms with E-state index in [4.69, 9.17) is 9.26 Å². The molecular weight excluding hydrogens is 520 g/mol. The molecule has 0 spiro atoms. The average Bonchev–Trinajstić information content (AvgIpc) is 3.42. The maximum atomic E-state index is 14.4. The lowest BCUT2D eigenvalue weighted by molar-refractivity contribution is -0.139. The number of nitrogens with one attached hydrogen (secondary N) is 2. The average molecular weight is 555 g/mol. The minimum Gasteiger partial charge on any atom is -0.444 e. The first-order valence-electron chi connectivity index (χ1n) is 12.8. The number of carbonyl (C=O) groups excluding carboxylic acids is 1. The topological polar surface area (TPSA) is 97.5 Å². The number of hydrogen-bond acceptors (Lipinski definition) is 7. The van der Waals surface area contributed by atoms with Crippen molar-refractivity contribution in [2.24, 2.45) is 5.92 Å². The van der Waals surface area contributed by atoms with Gasteiger partial charge in [0.2, 0.25) is 11.7 Å². The van der Waals surface area contributed by atoms with Gasteiger partial charge in [0.25, 0.3) is 0 Å². The van der Waals surface area contributed by atoms with Gasteiger partial charge in [-0.3, -0.25) is 0 Å². The molecule has 3 aromatic rings. The lowest BCUT2D eigenvalue weighted by Gasteiger charge is -2.32. The highest BCUT2D eigenvalue weighted by Gasteiger charge is 2.32. The molecule has 3 heterocycles. The molecule has 4 rings (SSSR count). The lowest BCUT2D eigenvalue weighted by atomic mass is 9.92. The van der Waals surface area contributed by atoms with Gasteiger partial charge in [-0.05, 0) is 71.3 Å². The Labute approximate surface area is 223 Å². The monoisotopic (exact) mass is 554 g/mol. The van der Waals surface area contributed by atoms with Crippen LogP contribution in [-0.2, 0) is 17.8 Å². The van der Waals surface area contributed by atoms with Crippen molar-refractivity contribution in [2.75, 3.05) is 32.0 Å². The van der Waals surface area contributed by atoms with Gasteiger partial charge >= 0.3 is 12.3 Å². The molecule has 1 amide bonds. The summed E-state index contributed by atoms with van der Waals surface area (Å²) in [6.07, 6.45) is -4.72. The highest BCUT2D eigenvalue weighted by atomic mass is 19.4. The number of piperidine rings is 1. The molecule has 2 N–H and O–H groups in total. The quantitative estimate of drug-likeness (QED) is 0.362. The fourth-order valence-corrected chi connectivity index (χ4v) is 4.69. The van der Waals surface area contributed by atoms with E-state index < -0.39 is 30.6 Å². The van der Waals surface area contributed by atoms with Crippen molar-refractivity contribution in [1.29, 1.82) is 0 Å². The summed E-state index contributed by atoms with van der Waals surface area (Å²) >= 11 is 0. The standard InChI is InChI=1S/C26H34F4N6O3/c1-25(2,3)38-24(37)32-13-22-33-23(34-39-22)21-12-17-19(6-5-7-20(17)36(21)15-26(28,29)30)31-10-8-16-9-11-35(4)14-18(16)27/h5-7,12,16,18,31H,8-11,13-15H2,1-4H3,(H,32,37)/t16?,18-/m0/s1. The van der Waals surface area contributed by atoms with Crippen molar-refractivity contribution in [3.05, 3.63) is 30.2 Å². The Balaban J connectivity index is 1.54. The van der Waals surface area contributed by atoms with Crippen molar-refractivity contribution < 1.29 is 31.6 Å². The number of halogens is 4. The number of nitrogens with zero attached hydrogens (tertiary/aromatic N) is 4. The van der Waals surface area contributed by atoms with Crippen LogP contribution < -0.4 is 10.6 Å². The number of alkyl halides is 4. The van der Waals surface area contributed by atoms with Crippen LogP contribution in [0.4, 0.5) is 28.0 Å². The molecular formula is C26H34F4N6O3. The second-order valence-corrected chi connectivity index (χ2v) is 10.9. The van der Waals surface area contributed by atoms with Crippen LogP contribution >= 0.6 is 0 Å². The summed E-state index contributed by atoms with van der Waals surface area (Å²) in [7, 11) is 1.90. The van der Waals surface area contributed by atoms with Crippen molar-refractivity contribution in [3.8, 4) is 11.5 Å². The zero-order valence-corrected chi connectivity index (χ0v) is 22.4. The number of aromatic nitrogens is 3. The van der Waals surface area contributed by atoms with Gasteiger partial charge in [0.15, 0.2) is 0 Å². The first kappa shape index (κ1) is 28.7. The molecule has 39 heavy (non-hydrogen) atoms. The first-order chi connectivity index (χ1) is 18.3. The molecule has 13 heteroatoms. The van der Waals surface area contributed by atoms with Gasteiger partial charge in [0.05, 0.1) is 11.2 Å². The summed E-state index contributed by atoms with van der Waals surface area (Å²) in [4.78, 5) is 18.1. The van der Waals surface area contributed by atoms with E-state index in [-0.39, 0.29) is 29.9 Å².